The molecule has 0 bridgehead atoms. The number of benzene rings is 1. The Labute approximate surface area is 119 Å². The lowest BCUT2D eigenvalue weighted by molar-refractivity contribution is 0.308. The van der Waals surface area contributed by atoms with Crippen LogP contribution < -0.4 is 0 Å². The lowest BCUT2D eigenvalue weighted by Crippen LogP contribution is -2.13. The van der Waals surface area contributed by atoms with Crippen LogP contribution in [0.1, 0.15) is 68.1 Å². The Hall–Kier alpha value is -1.87. The second-order valence-electron chi connectivity index (χ2n) is 5.66. The summed E-state index contributed by atoms with van der Waals surface area (Å²) in [4.78, 5) is 0. The summed E-state index contributed by atoms with van der Waals surface area (Å²) in [6.07, 6.45) is 7.05. The van der Waals surface area contributed by atoms with E-state index < -0.39 is 5.82 Å². The third-order valence-electron chi connectivity index (χ3n) is 4.35. The van der Waals surface area contributed by atoms with Gasteiger partial charge < -0.3 is 0 Å². The zero-order chi connectivity index (χ0) is 14.5. The van der Waals surface area contributed by atoms with Crippen molar-refractivity contribution in [3.05, 3.63) is 34.6 Å². The topological polar surface area (TPSA) is 47.6 Å². The highest BCUT2D eigenvalue weighted by atomic mass is 19.1. The van der Waals surface area contributed by atoms with Gasteiger partial charge in [-0.1, -0.05) is 19.8 Å². The third kappa shape index (κ3) is 2.99. The predicted molar refractivity (Wildman–Crippen MR) is 75.4 cm³/mol. The van der Waals surface area contributed by atoms with Crippen LogP contribution in [-0.2, 0) is 0 Å². The van der Waals surface area contributed by atoms with Gasteiger partial charge in [0.05, 0.1) is 11.1 Å². The van der Waals surface area contributed by atoms with E-state index in [1.807, 2.05) is 12.1 Å². The summed E-state index contributed by atoms with van der Waals surface area (Å²) >= 11 is 0. The summed E-state index contributed by atoms with van der Waals surface area (Å²) in [6, 6.07) is 6.96. The van der Waals surface area contributed by atoms with Crippen LogP contribution in [0.2, 0.25) is 0 Å². The van der Waals surface area contributed by atoms with Crippen molar-refractivity contribution in [2.24, 2.45) is 5.92 Å². The molecule has 1 aromatic rings. The molecule has 0 unspecified atom stereocenters. The van der Waals surface area contributed by atoms with E-state index in [0.717, 1.165) is 24.3 Å². The maximum atomic E-state index is 13.7. The van der Waals surface area contributed by atoms with Crippen molar-refractivity contribution < 1.29 is 4.39 Å². The van der Waals surface area contributed by atoms with Gasteiger partial charge in [-0.3, -0.25) is 0 Å². The molecule has 0 saturated heterocycles. The second-order valence-corrected chi connectivity index (χ2v) is 5.66. The van der Waals surface area contributed by atoms with Crippen LogP contribution in [0.5, 0.6) is 0 Å². The summed E-state index contributed by atoms with van der Waals surface area (Å²) in [7, 11) is 0. The standard InChI is InChI=1S/C17H19FN2/c1-2-3-12-4-6-13(7-5-12)14-8-15(10-19)17(18)16(9-14)11-20/h8-9,12-13H,2-7H2,1H3. The van der Waals surface area contributed by atoms with Gasteiger partial charge in [-0.05, 0) is 55.2 Å². The largest absolute Gasteiger partial charge is 0.204 e. The first-order chi connectivity index (χ1) is 9.69. The number of hydrogen-bond acceptors (Lipinski definition) is 2. The van der Waals surface area contributed by atoms with E-state index >= 15 is 0 Å². The first-order valence-corrected chi connectivity index (χ1v) is 7.33. The summed E-state index contributed by atoms with van der Waals surface area (Å²) in [5.41, 5.74) is 0.943. The van der Waals surface area contributed by atoms with Crippen LogP contribution in [0.25, 0.3) is 0 Å². The second kappa shape index (κ2) is 6.53. The smallest absolute Gasteiger partial charge is 0.158 e. The minimum Gasteiger partial charge on any atom is -0.204 e. The number of nitriles is 2. The van der Waals surface area contributed by atoms with Crippen LogP contribution in [0.4, 0.5) is 4.39 Å². The molecule has 20 heavy (non-hydrogen) atoms. The average molecular weight is 270 g/mol. The molecule has 1 aliphatic rings. The Bertz CT molecular complexity index is 522. The van der Waals surface area contributed by atoms with E-state index in [2.05, 4.69) is 6.92 Å². The molecule has 0 amide bonds. The molecule has 2 rings (SSSR count). The lowest BCUT2D eigenvalue weighted by Gasteiger charge is -2.28. The number of hydrogen-bond donors (Lipinski definition) is 0. The zero-order valence-electron chi connectivity index (χ0n) is 11.8. The maximum Gasteiger partial charge on any atom is 0.158 e. The molecule has 1 aliphatic carbocycles. The van der Waals surface area contributed by atoms with E-state index in [1.54, 1.807) is 12.1 Å². The van der Waals surface area contributed by atoms with Crippen molar-refractivity contribution in [2.45, 2.75) is 51.4 Å². The fraction of sp³-hybridized carbons (Fsp3) is 0.529. The normalized spacial score (nSPS) is 22.0. The molecule has 0 atom stereocenters. The van der Waals surface area contributed by atoms with Gasteiger partial charge in [-0.15, -0.1) is 0 Å². The molecule has 0 aromatic heterocycles. The quantitative estimate of drug-likeness (QED) is 0.803. The van der Waals surface area contributed by atoms with Crippen LogP contribution in [0, 0.1) is 34.4 Å². The van der Waals surface area contributed by atoms with Gasteiger partial charge in [0.25, 0.3) is 0 Å². The number of halogens is 1. The van der Waals surface area contributed by atoms with Gasteiger partial charge in [0, 0.05) is 0 Å². The first-order valence-electron chi connectivity index (χ1n) is 7.33. The van der Waals surface area contributed by atoms with E-state index in [-0.39, 0.29) is 11.1 Å². The Morgan fingerprint density at radius 2 is 1.65 bits per heavy atom. The monoisotopic (exact) mass is 270 g/mol. The van der Waals surface area contributed by atoms with Crippen molar-refractivity contribution in [3.63, 3.8) is 0 Å². The zero-order valence-corrected chi connectivity index (χ0v) is 11.8. The highest BCUT2D eigenvalue weighted by molar-refractivity contribution is 5.45. The first kappa shape index (κ1) is 14.5. The van der Waals surface area contributed by atoms with Gasteiger partial charge in [-0.2, -0.15) is 10.5 Å². The molecule has 104 valence electrons. The van der Waals surface area contributed by atoms with Crippen molar-refractivity contribution in [1.82, 2.24) is 0 Å². The highest BCUT2D eigenvalue weighted by Gasteiger charge is 2.23. The molecule has 1 fully saturated rings. The van der Waals surface area contributed by atoms with Crippen LogP contribution in [0.15, 0.2) is 12.1 Å². The molecule has 1 aromatic carbocycles. The summed E-state index contributed by atoms with van der Waals surface area (Å²) in [5, 5.41) is 17.9. The molecule has 0 aliphatic heterocycles. The van der Waals surface area contributed by atoms with Crippen molar-refractivity contribution in [1.29, 1.82) is 10.5 Å². The lowest BCUT2D eigenvalue weighted by atomic mass is 9.77. The van der Waals surface area contributed by atoms with Crippen LogP contribution in [-0.4, -0.2) is 0 Å². The van der Waals surface area contributed by atoms with Gasteiger partial charge in [0.2, 0.25) is 0 Å². The Kier molecular flexibility index (Phi) is 4.74. The van der Waals surface area contributed by atoms with Gasteiger partial charge in [-0.25, -0.2) is 4.39 Å². The third-order valence-corrected chi connectivity index (χ3v) is 4.35. The Morgan fingerprint density at radius 1 is 1.10 bits per heavy atom. The van der Waals surface area contributed by atoms with Crippen molar-refractivity contribution in [2.75, 3.05) is 0 Å². The molecular formula is C17H19FN2. The SMILES string of the molecule is CCCC1CCC(c2cc(C#N)c(F)c(C#N)c2)CC1. The molecule has 1 saturated carbocycles. The van der Waals surface area contributed by atoms with Gasteiger partial charge in [0.1, 0.15) is 12.1 Å². The minimum absolute atomic E-state index is 0.00488. The van der Waals surface area contributed by atoms with E-state index in [1.165, 1.54) is 25.7 Å². The van der Waals surface area contributed by atoms with E-state index in [0.29, 0.717) is 5.92 Å². The summed E-state index contributed by atoms with van der Waals surface area (Å²) < 4.78 is 13.7. The van der Waals surface area contributed by atoms with Gasteiger partial charge in [0.15, 0.2) is 5.82 Å². The van der Waals surface area contributed by atoms with E-state index in [4.69, 9.17) is 10.5 Å². The van der Waals surface area contributed by atoms with Crippen molar-refractivity contribution >= 4 is 0 Å². The minimum atomic E-state index is -0.682. The molecular weight excluding hydrogens is 251 g/mol. The molecule has 0 N–H and O–H groups in total. The Balaban J connectivity index is 2.19. The van der Waals surface area contributed by atoms with Crippen molar-refractivity contribution in [3.8, 4) is 12.1 Å². The molecule has 2 nitrogen and oxygen atoms in total. The fourth-order valence-electron chi connectivity index (χ4n) is 3.24. The Morgan fingerprint density at radius 3 is 2.10 bits per heavy atom. The fourth-order valence-corrected chi connectivity index (χ4v) is 3.24. The predicted octanol–water partition coefficient (Wildman–Crippen LogP) is 4.64. The highest BCUT2D eigenvalue weighted by Crippen LogP contribution is 2.38. The molecule has 0 spiro atoms. The molecule has 0 radical (unpaired) electrons. The van der Waals surface area contributed by atoms with Crippen LogP contribution >= 0.6 is 0 Å². The van der Waals surface area contributed by atoms with Crippen LogP contribution in [0.3, 0.4) is 0 Å². The number of rotatable bonds is 3. The van der Waals surface area contributed by atoms with Gasteiger partial charge >= 0.3 is 0 Å². The summed E-state index contributed by atoms with van der Waals surface area (Å²) in [6.45, 7) is 2.21. The summed E-state index contributed by atoms with van der Waals surface area (Å²) in [5.74, 6) is 0.490. The molecule has 0 heterocycles. The maximum absolute atomic E-state index is 13.7. The van der Waals surface area contributed by atoms with E-state index in [9.17, 15) is 4.39 Å². The number of nitrogens with zero attached hydrogens (tertiary/aromatic N) is 2. The molecule has 3 heteroatoms. The average Bonchev–Trinajstić information content (AvgIpc) is 2.49.